The van der Waals surface area contributed by atoms with E-state index in [0.29, 0.717) is 23.0 Å². The van der Waals surface area contributed by atoms with Gasteiger partial charge in [-0.2, -0.15) is 18.2 Å². The van der Waals surface area contributed by atoms with E-state index in [1.54, 1.807) is 37.3 Å². The van der Waals surface area contributed by atoms with Crippen LogP contribution in [0.15, 0.2) is 53.3 Å². The Balaban J connectivity index is 2.41. The maximum Gasteiger partial charge on any atom is 0.416 e. The van der Waals surface area contributed by atoms with Gasteiger partial charge in [-0.05, 0) is 25.1 Å². The number of nitrogens with zero attached hydrogens (tertiary/aromatic N) is 2. The van der Waals surface area contributed by atoms with E-state index in [1.807, 2.05) is 0 Å². The summed E-state index contributed by atoms with van der Waals surface area (Å²) in [6.07, 6.45) is -4.45. The molecule has 0 spiro atoms. The average Bonchev–Trinajstić information content (AvgIpc) is 2.53. The van der Waals surface area contributed by atoms with Crippen molar-refractivity contribution < 1.29 is 13.2 Å². The van der Waals surface area contributed by atoms with Crippen LogP contribution in [0.25, 0.3) is 22.2 Å². The molecule has 0 saturated carbocycles. The Labute approximate surface area is 130 Å². The summed E-state index contributed by atoms with van der Waals surface area (Å²) in [5.41, 5.74) is 0.0850. The smallest absolute Gasteiger partial charge is 0.292 e. The Morgan fingerprint density at radius 3 is 2.39 bits per heavy atom. The zero-order chi connectivity index (χ0) is 16.6. The van der Waals surface area contributed by atoms with Crippen LogP contribution < -0.4 is 5.69 Å². The molecular formula is C17H13F3N2O. The molecule has 3 rings (SSSR count). The van der Waals surface area contributed by atoms with Gasteiger partial charge in [0.05, 0.1) is 16.8 Å². The van der Waals surface area contributed by atoms with Gasteiger partial charge < -0.3 is 0 Å². The van der Waals surface area contributed by atoms with Gasteiger partial charge in [-0.15, -0.1) is 0 Å². The number of benzene rings is 2. The minimum absolute atomic E-state index is 0.265. The maximum atomic E-state index is 13.0. The highest BCUT2D eigenvalue weighted by molar-refractivity contribution is 5.93. The van der Waals surface area contributed by atoms with Gasteiger partial charge in [0.25, 0.3) is 0 Å². The summed E-state index contributed by atoms with van der Waals surface area (Å²) in [6.45, 7) is 2.09. The molecule has 0 aliphatic carbocycles. The van der Waals surface area contributed by atoms with Crippen LogP contribution in [0.1, 0.15) is 12.5 Å². The van der Waals surface area contributed by atoms with Gasteiger partial charge in [0.2, 0.25) is 0 Å². The van der Waals surface area contributed by atoms with Crippen LogP contribution in [-0.4, -0.2) is 9.55 Å². The first-order valence-electron chi connectivity index (χ1n) is 7.09. The Kier molecular flexibility index (Phi) is 3.67. The molecule has 1 aromatic heterocycles. The summed E-state index contributed by atoms with van der Waals surface area (Å²) in [5, 5.41) is 0.312. The zero-order valence-electron chi connectivity index (χ0n) is 12.3. The molecule has 0 aliphatic heterocycles. The lowest BCUT2D eigenvalue weighted by molar-refractivity contribution is -0.137. The molecule has 0 N–H and O–H groups in total. The Hall–Kier alpha value is -2.63. The van der Waals surface area contributed by atoms with Crippen LogP contribution >= 0.6 is 0 Å². The Morgan fingerprint density at radius 2 is 1.78 bits per heavy atom. The molecule has 0 aliphatic rings. The van der Waals surface area contributed by atoms with E-state index in [4.69, 9.17) is 0 Å². The van der Waals surface area contributed by atoms with E-state index in [-0.39, 0.29) is 5.69 Å². The van der Waals surface area contributed by atoms with Crippen LogP contribution in [0, 0.1) is 0 Å². The number of hydrogen-bond acceptors (Lipinski definition) is 2. The molecule has 0 fully saturated rings. The molecule has 0 atom stereocenters. The van der Waals surface area contributed by atoms with Crippen molar-refractivity contribution in [2.45, 2.75) is 19.6 Å². The molecule has 3 nitrogen and oxygen atoms in total. The third-order valence-corrected chi connectivity index (χ3v) is 3.67. The van der Waals surface area contributed by atoms with Gasteiger partial charge in [0.15, 0.2) is 0 Å². The monoisotopic (exact) mass is 318 g/mol. The average molecular weight is 318 g/mol. The van der Waals surface area contributed by atoms with E-state index >= 15 is 0 Å². The summed E-state index contributed by atoms with van der Waals surface area (Å²) >= 11 is 0. The third kappa shape index (κ3) is 2.72. The molecule has 23 heavy (non-hydrogen) atoms. The van der Waals surface area contributed by atoms with Crippen LogP contribution in [0.5, 0.6) is 0 Å². The molecule has 0 bridgehead atoms. The summed E-state index contributed by atoms with van der Waals surface area (Å²) in [4.78, 5) is 16.2. The third-order valence-electron chi connectivity index (χ3n) is 3.67. The standard InChI is InChI=1S/C17H13F3N2O/c1-2-22-14-9-8-12(17(18,19)20)10-13(14)15(21-16(22)23)11-6-4-3-5-7-11/h3-10H,2H2,1H3. The predicted octanol–water partition coefficient (Wildman–Crippen LogP) is 4.10. The van der Waals surface area contributed by atoms with Gasteiger partial charge in [-0.1, -0.05) is 30.3 Å². The van der Waals surface area contributed by atoms with Crippen molar-refractivity contribution in [3.8, 4) is 11.3 Å². The molecule has 0 unspecified atom stereocenters. The fourth-order valence-corrected chi connectivity index (χ4v) is 2.58. The van der Waals surface area contributed by atoms with E-state index in [2.05, 4.69) is 4.98 Å². The SMILES string of the molecule is CCn1c(=O)nc(-c2ccccc2)c2cc(C(F)(F)F)ccc21. The molecule has 0 saturated heterocycles. The molecule has 6 heteroatoms. The molecule has 0 radical (unpaired) electrons. The normalized spacial score (nSPS) is 11.8. The zero-order valence-corrected chi connectivity index (χ0v) is 12.3. The van der Waals surface area contributed by atoms with Crippen molar-refractivity contribution >= 4 is 10.9 Å². The molecular weight excluding hydrogens is 305 g/mol. The van der Waals surface area contributed by atoms with Crippen LogP contribution in [0.2, 0.25) is 0 Å². The van der Waals surface area contributed by atoms with Crippen molar-refractivity contribution in [3.63, 3.8) is 0 Å². The van der Waals surface area contributed by atoms with Gasteiger partial charge in [0.1, 0.15) is 0 Å². The number of aryl methyl sites for hydroxylation is 1. The topological polar surface area (TPSA) is 34.9 Å². The van der Waals surface area contributed by atoms with E-state index in [0.717, 1.165) is 12.1 Å². The van der Waals surface area contributed by atoms with Gasteiger partial charge in [0, 0.05) is 17.5 Å². The predicted molar refractivity (Wildman–Crippen MR) is 82.1 cm³/mol. The first-order chi connectivity index (χ1) is 10.9. The lowest BCUT2D eigenvalue weighted by atomic mass is 10.0. The highest BCUT2D eigenvalue weighted by Crippen LogP contribution is 2.33. The minimum Gasteiger partial charge on any atom is -0.292 e. The largest absolute Gasteiger partial charge is 0.416 e. The fraction of sp³-hybridized carbons (Fsp3) is 0.176. The van der Waals surface area contributed by atoms with E-state index in [1.165, 1.54) is 10.6 Å². The van der Waals surface area contributed by atoms with E-state index < -0.39 is 17.4 Å². The van der Waals surface area contributed by atoms with Crippen molar-refractivity contribution in [1.82, 2.24) is 9.55 Å². The van der Waals surface area contributed by atoms with Crippen LogP contribution in [0.4, 0.5) is 13.2 Å². The maximum absolute atomic E-state index is 13.0. The summed E-state index contributed by atoms with van der Waals surface area (Å²) in [5.74, 6) is 0. The molecule has 1 heterocycles. The van der Waals surface area contributed by atoms with Gasteiger partial charge in [-0.25, -0.2) is 4.79 Å². The quantitative estimate of drug-likeness (QED) is 0.713. The number of alkyl halides is 3. The Bertz CT molecular complexity index is 915. The van der Waals surface area contributed by atoms with Gasteiger partial charge >= 0.3 is 11.9 Å². The lowest BCUT2D eigenvalue weighted by Gasteiger charge is -2.14. The summed E-state index contributed by atoms with van der Waals surface area (Å²) in [6, 6.07) is 12.1. The second-order valence-corrected chi connectivity index (χ2v) is 5.08. The second-order valence-electron chi connectivity index (χ2n) is 5.08. The Morgan fingerprint density at radius 1 is 1.09 bits per heavy atom. The van der Waals surface area contributed by atoms with Gasteiger partial charge in [-0.3, -0.25) is 4.57 Å². The highest BCUT2D eigenvalue weighted by Gasteiger charge is 2.31. The summed E-state index contributed by atoms with van der Waals surface area (Å²) in [7, 11) is 0. The van der Waals surface area contributed by atoms with Crippen LogP contribution in [-0.2, 0) is 12.7 Å². The lowest BCUT2D eigenvalue weighted by Crippen LogP contribution is -2.23. The first-order valence-corrected chi connectivity index (χ1v) is 7.09. The molecule has 0 amide bonds. The van der Waals surface area contributed by atoms with Crippen molar-refractivity contribution in [1.29, 1.82) is 0 Å². The number of fused-ring (bicyclic) bond motifs is 1. The highest BCUT2D eigenvalue weighted by atomic mass is 19.4. The first kappa shape index (κ1) is 15.3. The van der Waals surface area contributed by atoms with Crippen molar-refractivity contribution in [3.05, 3.63) is 64.6 Å². The van der Waals surface area contributed by atoms with Crippen molar-refractivity contribution in [2.75, 3.05) is 0 Å². The minimum atomic E-state index is -4.45. The molecule has 118 valence electrons. The number of halogens is 3. The molecule has 3 aromatic rings. The fourth-order valence-electron chi connectivity index (χ4n) is 2.58. The van der Waals surface area contributed by atoms with Crippen LogP contribution in [0.3, 0.4) is 0 Å². The van der Waals surface area contributed by atoms with Crippen molar-refractivity contribution in [2.24, 2.45) is 0 Å². The molecule has 2 aromatic carbocycles. The number of rotatable bonds is 2. The number of hydrogen-bond donors (Lipinski definition) is 0. The van der Waals surface area contributed by atoms with E-state index in [9.17, 15) is 18.0 Å². The second kappa shape index (κ2) is 5.53. The summed E-state index contributed by atoms with van der Waals surface area (Å²) < 4.78 is 40.4. The number of aromatic nitrogens is 2.